The number of benzene rings is 2. The summed E-state index contributed by atoms with van der Waals surface area (Å²) in [4.78, 5) is 35.9. The van der Waals surface area contributed by atoms with Gasteiger partial charge >= 0.3 is 0 Å². The molecule has 2 heterocycles. The molecule has 1 aliphatic carbocycles. The van der Waals surface area contributed by atoms with E-state index in [0.29, 0.717) is 32.5 Å². The highest BCUT2D eigenvalue weighted by atomic mass is 16.3. The summed E-state index contributed by atoms with van der Waals surface area (Å²) in [6.07, 6.45) is 7.34. The summed E-state index contributed by atoms with van der Waals surface area (Å²) in [6, 6.07) is 20.6. The summed E-state index contributed by atoms with van der Waals surface area (Å²) >= 11 is 0. The minimum Gasteiger partial charge on any atom is -0.392 e. The molecule has 5 atom stereocenters. The fraction of sp³-hybridized carbons (Fsp3) is 0.447. The zero-order chi connectivity index (χ0) is 33.4. The maximum atomic E-state index is 13.8. The molecule has 1 saturated heterocycles. The Morgan fingerprint density at radius 3 is 2.55 bits per heavy atom. The lowest BCUT2D eigenvalue weighted by molar-refractivity contribution is -0.132. The van der Waals surface area contributed by atoms with Gasteiger partial charge in [-0.25, -0.2) is 0 Å². The van der Waals surface area contributed by atoms with E-state index in [4.69, 9.17) is 0 Å². The standard InChI is InChI=1S/C38H49N5O4/c1-38(2,3)41-37(47)33-26-42(18-10-14-28-13-9-17-39-24-28)19-20-43(33)25-31(44)22-30(21-27-11-5-4-6-12-27)36(46)40-35-32-16-8-7-15-29(32)23-34(35)45/h4-17,24,30-31,33-35,44-45H,18-23,25-26H2,1-3H3,(H,40,46)(H,41,47)/b14-10+/t30-,31+,33+,34-,35+/m1/s1. The Hall–Kier alpha value is -3.89. The summed E-state index contributed by atoms with van der Waals surface area (Å²) in [5.74, 6) is -0.785. The van der Waals surface area contributed by atoms with Gasteiger partial charge in [0.25, 0.3) is 0 Å². The number of amides is 2. The highest BCUT2D eigenvalue weighted by molar-refractivity contribution is 5.83. The van der Waals surface area contributed by atoms with Crippen molar-refractivity contribution in [3.63, 3.8) is 0 Å². The van der Waals surface area contributed by atoms with Gasteiger partial charge in [0.2, 0.25) is 11.8 Å². The van der Waals surface area contributed by atoms with Crippen LogP contribution in [0.1, 0.15) is 55.5 Å². The van der Waals surface area contributed by atoms with Crippen molar-refractivity contribution < 1.29 is 19.8 Å². The lowest BCUT2D eigenvalue weighted by Crippen LogP contribution is -2.62. The topological polar surface area (TPSA) is 118 Å². The molecule has 250 valence electrons. The van der Waals surface area contributed by atoms with E-state index in [1.165, 1.54) is 0 Å². The number of carbonyl (C=O) groups excluding carboxylic acids is 2. The number of aromatic nitrogens is 1. The zero-order valence-corrected chi connectivity index (χ0v) is 27.8. The second kappa shape index (κ2) is 15.8. The molecular formula is C38H49N5O4. The van der Waals surface area contributed by atoms with Crippen LogP contribution in [0.4, 0.5) is 0 Å². The van der Waals surface area contributed by atoms with E-state index in [0.717, 1.165) is 28.8 Å². The minimum absolute atomic E-state index is 0.0712. The molecule has 0 radical (unpaired) electrons. The van der Waals surface area contributed by atoms with Gasteiger partial charge in [0.15, 0.2) is 0 Å². The number of carbonyl (C=O) groups is 2. The maximum absolute atomic E-state index is 13.8. The van der Waals surface area contributed by atoms with Gasteiger partial charge < -0.3 is 20.8 Å². The van der Waals surface area contributed by atoms with Crippen molar-refractivity contribution in [3.8, 4) is 0 Å². The first-order valence-corrected chi connectivity index (χ1v) is 16.7. The quantitative estimate of drug-likeness (QED) is 0.240. The van der Waals surface area contributed by atoms with E-state index in [-0.39, 0.29) is 24.8 Å². The Morgan fingerprint density at radius 2 is 1.81 bits per heavy atom. The Kier molecular flexibility index (Phi) is 11.6. The number of piperazine rings is 1. The number of aliphatic hydroxyl groups is 2. The van der Waals surface area contributed by atoms with Gasteiger partial charge in [-0.05, 0) is 61.9 Å². The molecule has 0 bridgehead atoms. The van der Waals surface area contributed by atoms with Gasteiger partial charge in [0.1, 0.15) is 6.04 Å². The van der Waals surface area contributed by atoms with Gasteiger partial charge in [-0.15, -0.1) is 0 Å². The van der Waals surface area contributed by atoms with Crippen LogP contribution >= 0.6 is 0 Å². The fourth-order valence-corrected chi connectivity index (χ4v) is 6.65. The van der Waals surface area contributed by atoms with Crippen LogP contribution in [0.3, 0.4) is 0 Å². The molecule has 1 aromatic heterocycles. The molecule has 5 rings (SSSR count). The van der Waals surface area contributed by atoms with Crippen molar-refractivity contribution in [2.75, 3.05) is 32.7 Å². The molecule has 1 fully saturated rings. The Labute approximate surface area is 278 Å². The normalized spacial score (nSPS) is 21.7. The highest BCUT2D eigenvalue weighted by Gasteiger charge is 2.37. The second-order valence-corrected chi connectivity index (χ2v) is 13.9. The predicted octanol–water partition coefficient (Wildman–Crippen LogP) is 3.38. The molecule has 3 aromatic rings. The highest BCUT2D eigenvalue weighted by Crippen LogP contribution is 2.32. The zero-order valence-electron chi connectivity index (χ0n) is 27.8. The predicted molar refractivity (Wildman–Crippen MR) is 184 cm³/mol. The van der Waals surface area contributed by atoms with E-state index in [9.17, 15) is 19.8 Å². The molecule has 2 aliphatic rings. The molecule has 9 nitrogen and oxygen atoms in total. The number of nitrogens with one attached hydrogen (secondary N) is 2. The van der Waals surface area contributed by atoms with E-state index < -0.39 is 35.7 Å². The molecule has 0 unspecified atom stereocenters. The average molecular weight is 640 g/mol. The molecule has 2 aromatic carbocycles. The lowest BCUT2D eigenvalue weighted by atomic mass is 9.91. The third-order valence-electron chi connectivity index (χ3n) is 8.93. The molecule has 0 saturated carbocycles. The number of nitrogens with zero attached hydrogens (tertiary/aromatic N) is 3. The van der Waals surface area contributed by atoms with E-state index in [2.05, 4.69) is 31.5 Å². The molecule has 47 heavy (non-hydrogen) atoms. The Bertz CT molecular complexity index is 1490. The van der Waals surface area contributed by atoms with Gasteiger partial charge in [-0.3, -0.25) is 24.4 Å². The summed E-state index contributed by atoms with van der Waals surface area (Å²) < 4.78 is 0. The monoisotopic (exact) mass is 639 g/mol. The molecule has 4 N–H and O–H groups in total. The molecule has 2 amide bonds. The van der Waals surface area contributed by atoms with E-state index >= 15 is 0 Å². The molecule has 1 aliphatic heterocycles. The molecular weight excluding hydrogens is 590 g/mol. The smallest absolute Gasteiger partial charge is 0.239 e. The summed E-state index contributed by atoms with van der Waals surface area (Å²) in [6.45, 7) is 8.75. The van der Waals surface area contributed by atoms with E-state index in [1.807, 2.05) is 99.8 Å². The Morgan fingerprint density at radius 1 is 1.04 bits per heavy atom. The first kappa shape index (κ1) is 34.4. The van der Waals surface area contributed by atoms with Crippen LogP contribution in [0, 0.1) is 5.92 Å². The van der Waals surface area contributed by atoms with Crippen LogP contribution in [-0.2, 0) is 22.4 Å². The molecule has 0 spiro atoms. The first-order valence-electron chi connectivity index (χ1n) is 16.7. The summed E-state index contributed by atoms with van der Waals surface area (Å²) in [5.41, 5.74) is 3.61. The van der Waals surface area contributed by atoms with Crippen LogP contribution in [0.15, 0.2) is 85.2 Å². The number of pyridine rings is 1. The van der Waals surface area contributed by atoms with Crippen molar-refractivity contribution in [3.05, 3.63) is 107 Å². The SMILES string of the molecule is CC(C)(C)NC(=O)[C@@H]1CN(C/C=C/c2cccnc2)CCN1C[C@@H](O)C[C@@H](Cc1ccccc1)C(=O)N[C@H]1c2ccccc2C[C@H]1O. The summed E-state index contributed by atoms with van der Waals surface area (Å²) in [5, 5.41) is 28.6. The number of aliphatic hydroxyl groups excluding tert-OH is 2. The van der Waals surface area contributed by atoms with Gasteiger partial charge in [-0.1, -0.05) is 72.8 Å². The van der Waals surface area contributed by atoms with Crippen molar-refractivity contribution in [1.82, 2.24) is 25.4 Å². The second-order valence-electron chi connectivity index (χ2n) is 13.9. The Balaban J connectivity index is 1.26. The van der Waals surface area contributed by atoms with Crippen molar-refractivity contribution in [1.29, 1.82) is 0 Å². The number of rotatable bonds is 12. The maximum Gasteiger partial charge on any atom is 0.239 e. The minimum atomic E-state index is -0.836. The van der Waals surface area contributed by atoms with E-state index in [1.54, 1.807) is 6.20 Å². The third-order valence-corrected chi connectivity index (χ3v) is 8.93. The van der Waals surface area contributed by atoms with Crippen LogP contribution in [-0.4, -0.2) is 93.3 Å². The van der Waals surface area contributed by atoms with Gasteiger partial charge in [0, 0.05) is 63.0 Å². The van der Waals surface area contributed by atoms with Crippen LogP contribution in [0.5, 0.6) is 0 Å². The van der Waals surface area contributed by atoms with Crippen LogP contribution in [0.2, 0.25) is 0 Å². The van der Waals surface area contributed by atoms with Crippen LogP contribution < -0.4 is 10.6 Å². The summed E-state index contributed by atoms with van der Waals surface area (Å²) in [7, 11) is 0. The first-order chi connectivity index (χ1) is 22.6. The van der Waals surface area contributed by atoms with Crippen molar-refractivity contribution in [2.45, 2.75) is 69.9 Å². The lowest BCUT2D eigenvalue weighted by Gasteiger charge is -2.42. The van der Waals surface area contributed by atoms with Gasteiger partial charge in [0.05, 0.1) is 18.2 Å². The largest absolute Gasteiger partial charge is 0.392 e. The fourth-order valence-electron chi connectivity index (χ4n) is 6.65. The number of hydrogen-bond donors (Lipinski definition) is 4. The van der Waals surface area contributed by atoms with Gasteiger partial charge in [-0.2, -0.15) is 0 Å². The van der Waals surface area contributed by atoms with Crippen molar-refractivity contribution in [2.24, 2.45) is 5.92 Å². The third kappa shape index (κ3) is 9.81. The van der Waals surface area contributed by atoms with Crippen molar-refractivity contribution >= 4 is 17.9 Å². The average Bonchev–Trinajstić information content (AvgIpc) is 3.35. The van der Waals surface area contributed by atoms with Crippen LogP contribution in [0.25, 0.3) is 6.08 Å². The number of fused-ring (bicyclic) bond motifs is 1. The molecule has 9 heteroatoms. The number of β-amino-alcohol motifs (C(OH)–C–C–N with tert-alkyl or cyclic N) is 1. The number of hydrogen-bond acceptors (Lipinski definition) is 7.